The van der Waals surface area contributed by atoms with Crippen molar-refractivity contribution < 1.29 is 4.79 Å². The van der Waals surface area contributed by atoms with Crippen LogP contribution in [0.25, 0.3) is 11.1 Å². The van der Waals surface area contributed by atoms with Gasteiger partial charge in [-0.05, 0) is 37.3 Å². The van der Waals surface area contributed by atoms with Crippen molar-refractivity contribution in [2.75, 3.05) is 18.8 Å². The summed E-state index contributed by atoms with van der Waals surface area (Å²) in [7, 11) is 0. The lowest BCUT2D eigenvalue weighted by atomic mass is 9.98. The number of thiophene rings is 1. The molecule has 1 amide bonds. The third-order valence-electron chi connectivity index (χ3n) is 4.25. The molecule has 0 aliphatic carbocycles. The van der Waals surface area contributed by atoms with Gasteiger partial charge in [-0.1, -0.05) is 45.0 Å². The van der Waals surface area contributed by atoms with Crippen LogP contribution in [-0.4, -0.2) is 23.9 Å². The molecule has 0 atom stereocenters. The van der Waals surface area contributed by atoms with Gasteiger partial charge in [-0.2, -0.15) is 0 Å². The van der Waals surface area contributed by atoms with Gasteiger partial charge >= 0.3 is 0 Å². The fourth-order valence-corrected chi connectivity index (χ4v) is 3.99. The highest BCUT2D eigenvalue weighted by atomic mass is 32.1. The molecule has 1 heterocycles. The Bertz CT molecular complexity index is 682. The molecule has 1 aromatic carbocycles. The fraction of sp³-hybridized carbons (Fsp3) is 0.450. The molecule has 0 fully saturated rings. The van der Waals surface area contributed by atoms with Crippen molar-refractivity contribution in [2.45, 2.75) is 47.0 Å². The van der Waals surface area contributed by atoms with E-state index in [-0.39, 0.29) is 5.91 Å². The predicted octanol–water partition coefficient (Wildman–Crippen LogP) is 5.13. The average Bonchev–Trinajstić information content (AvgIpc) is 2.88. The Morgan fingerprint density at radius 3 is 2.17 bits per heavy atom. The molecule has 2 aromatic rings. The molecular weight excluding hydrogens is 316 g/mol. The first-order valence-electron chi connectivity index (χ1n) is 8.80. The van der Waals surface area contributed by atoms with Crippen molar-refractivity contribution in [3.63, 3.8) is 0 Å². The van der Waals surface area contributed by atoms with Crippen LogP contribution < -0.4 is 5.73 Å². The van der Waals surface area contributed by atoms with Crippen molar-refractivity contribution in [3.05, 3.63) is 40.3 Å². The van der Waals surface area contributed by atoms with Crippen LogP contribution in [0.4, 0.5) is 5.00 Å². The number of nitrogens with zero attached hydrogens (tertiary/aromatic N) is 1. The normalized spacial score (nSPS) is 10.8. The molecule has 0 spiro atoms. The molecule has 2 rings (SSSR count). The molecule has 2 N–H and O–H groups in total. The number of amides is 1. The number of hydrogen-bond donors (Lipinski definition) is 1. The minimum Gasteiger partial charge on any atom is -0.390 e. The maximum absolute atomic E-state index is 13.1. The molecule has 0 unspecified atom stereocenters. The van der Waals surface area contributed by atoms with Crippen LogP contribution in [0.2, 0.25) is 0 Å². The van der Waals surface area contributed by atoms with E-state index in [2.05, 4.69) is 45.0 Å². The quantitative estimate of drug-likeness (QED) is 0.757. The number of nitrogens with two attached hydrogens (primary N) is 1. The van der Waals surface area contributed by atoms with E-state index in [1.165, 1.54) is 16.9 Å². The molecule has 130 valence electrons. The van der Waals surface area contributed by atoms with Gasteiger partial charge in [0.1, 0.15) is 0 Å². The Kier molecular flexibility index (Phi) is 6.44. The van der Waals surface area contributed by atoms with Crippen molar-refractivity contribution >= 4 is 22.2 Å². The highest BCUT2D eigenvalue weighted by Crippen LogP contribution is 2.39. The standard InChI is InChI=1S/C20H28N2OS/c1-5-12-22(13-6-2)20(23)18-17(14(4)24-19(18)21)16-10-8-15(7-3)9-11-16/h8-11H,5-7,12-13,21H2,1-4H3. The summed E-state index contributed by atoms with van der Waals surface area (Å²) in [5, 5.41) is 0.629. The lowest BCUT2D eigenvalue weighted by Gasteiger charge is -2.22. The summed E-state index contributed by atoms with van der Waals surface area (Å²) in [6, 6.07) is 8.47. The molecular formula is C20H28N2OS. The molecule has 0 saturated carbocycles. The van der Waals surface area contributed by atoms with E-state index in [0.29, 0.717) is 10.6 Å². The highest BCUT2D eigenvalue weighted by Gasteiger charge is 2.25. The summed E-state index contributed by atoms with van der Waals surface area (Å²) in [5.41, 5.74) is 10.3. The van der Waals surface area contributed by atoms with Crippen molar-refractivity contribution in [3.8, 4) is 11.1 Å². The molecule has 0 radical (unpaired) electrons. The van der Waals surface area contributed by atoms with E-state index in [0.717, 1.165) is 48.4 Å². The van der Waals surface area contributed by atoms with Gasteiger partial charge in [0.05, 0.1) is 10.6 Å². The number of rotatable bonds is 7. The summed E-state index contributed by atoms with van der Waals surface area (Å²) in [6.45, 7) is 9.94. The summed E-state index contributed by atoms with van der Waals surface area (Å²) in [5.74, 6) is 0.0649. The van der Waals surface area contributed by atoms with Crippen molar-refractivity contribution in [2.24, 2.45) is 0 Å². The molecule has 0 aliphatic heterocycles. The van der Waals surface area contributed by atoms with E-state index < -0.39 is 0 Å². The molecule has 0 bridgehead atoms. The van der Waals surface area contributed by atoms with Crippen LogP contribution >= 0.6 is 11.3 Å². The van der Waals surface area contributed by atoms with Gasteiger partial charge in [0.15, 0.2) is 0 Å². The van der Waals surface area contributed by atoms with E-state index in [1.54, 1.807) is 0 Å². The third kappa shape index (κ3) is 3.81. The van der Waals surface area contributed by atoms with Crippen LogP contribution in [0.1, 0.15) is 54.4 Å². The first-order valence-corrected chi connectivity index (χ1v) is 9.62. The Labute approximate surface area is 149 Å². The number of hydrogen-bond acceptors (Lipinski definition) is 3. The Hall–Kier alpha value is -1.81. The third-order valence-corrected chi connectivity index (χ3v) is 5.18. The Morgan fingerprint density at radius 2 is 1.67 bits per heavy atom. The van der Waals surface area contributed by atoms with E-state index in [4.69, 9.17) is 5.73 Å². The zero-order valence-electron chi connectivity index (χ0n) is 15.2. The van der Waals surface area contributed by atoms with Gasteiger partial charge in [0, 0.05) is 23.5 Å². The summed E-state index contributed by atoms with van der Waals surface area (Å²) in [6.07, 6.45) is 2.92. The zero-order chi connectivity index (χ0) is 17.7. The minimum atomic E-state index is 0.0649. The SMILES string of the molecule is CCCN(CCC)C(=O)c1c(N)sc(C)c1-c1ccc(CC)cc1. The maximum Gasteiger partial charge on any atom is 0.257 e. The first-order chi connectivity index (χ1) is 11.5. The van der Waals surface area contributed by atoms with Gasteiger partial charge < -0.3 is 10.6 Å². The van der Waals surface area contributed by atoms with Crippen molar-refractivity contribution in [1.29, 1.82) is 0 Å². The second-order valence-corrected chi connectivity index (χ2v) is 7.37. The zero-order valence-corrected chi connectivity index (χ0v) is 16.0. The predicted molar refractivity (Wildman–Crippen MR) is 105 cm³/mol. The summed E-state index contributed by atoms with van der Waals surface area (Å²) >= 11 is 1.51. The Morgan fingerprint density at radius 1 is 1.08 bits per heavy atom. The summed E-state index contributed by atoms with van der Waals surface area (Å²) < 4.78 is 0. The topological polar surface area (TPSA) is 46.3 Å². The summed E-state index contributed by atoms with van der Waals surface area (Å²) in [4.78, 5) is 16.2. The second-order valence-electron chi connectivity index (χ2n) is 6.12. The van der Waals surface area contributed by atoms with Crippen LogP contribution in [0.15, 0.2) is 24.3 Å². The monoisotopic (exact) mass is 344 g/mol. The van der Waals surface area contributed by atoms with Gasteiger partial charge in [-0.3, -0.25) is 4.79 Å². The van der Waals surface area contributed by atoms with E-state index in [9.17, 15) is 4.79 Å². The number of aryl methyl sites for hydroxylation is 2. The number of carbonyl (C=O) groups excluding carboxylic acids is 1. The largest absolute Gasteiger partial charge is 0.390 e. The van der Waals surface area contributed by atoms with Crippen LogP contribution in [0.3, 0.4) is 0 Å². The molecule has 1 aromatic heterocycles. The van der Waals surface area contributed by atoms with Crippen LogP contribution in [0.5, 0.6) is 0 Å². The minimum absolute atomic E-state index is 0.0649. The molecule has 4 heteroatoms. The molecule has 0 saturated heterocycles. The average molecular weight is 345 g/mol. The number of nitrogen functional groups attached to an aromatic ring is 1. The Balaban J connectivity index is 2.48. The van der Waals surface area contributed by atoms with Crippen molar-refractivity contribution in [1.82, 2.24) is 4.90 Å². The second kappa shape index (κ2) is 8.34. The smallest absolute Gasteiger partial charge is 0.257 e. The number of benzene rings is 1. The molecule has 24 heavy (non-hydrogen) atoms. The van der Waals surface area contributed by atoms with Gasteiger partial charge in [-0.25, -0.2) is 0 Å². The van der Waals surface area contributed by atoms with Crippen LogP contribution in [0, 0.1) is 6.92 Å². The lowest BCUT2D eigenvalue weighted by Crippen LogP contribution is -2.33. The number of anilines is 1. The van der Waals surface area contributed by atoms with E-state index >= 15 is 0 Å². The van der Waals surface area contributed by atoms with Gasteiger partial charge in [0.25, 0.3) is 5.91 Å². The molecule has 0 aliphatic rings. The fourth-order valence-electron chi connectivity index (χ4n) is 3.05. The lowest BCUT2D eigenvalue weighted by molar-refractivity contribution is 0.0758. The molecule has 3 nitrogen and oxygen atoms in total. The number of carbonyl (C=O) groups is 1. The maximum atomic E-state index is 13.1. The highest BCUT2D eigenvalue weighted by molar-refractivity contribution is 7.16. The van der Waals surface area contributed by atoms with Gasteiger partial charge in [-0.15, -0.1) is 11.3 Å². The van der Waals surface area contributed by atoms with E-state index in [1.807, 2.05) is 11.8 Å². The van der Waals surface area contributed by atoms with Crippen LogP contribution in [-0.2, 0) is 6.42 Å². The first kappa shape index (κ1) is 18.5. The van der Waals surface area contributed by atoms with Gasteiger partial charge in [0.2, 0.25) is 0 Å².